The van der Waals surface area contributed by atoms with Crippen LogP contribution in [0.15, 0.2) is 91.0 Å². The minimum atomic E-state index is -0.670. The van der Waals surface area contributed by atoms with E-state index in [1.807, 2.05) is 66.7 Å². The summed E-state index contributed by atoms with van der Waals surface area (Å²) in [6.07, 6.45) is 0.925. The van der Waals surface area contributed by atoms with Gasteiger partial charge in [0.05, 0.1) is 16.1 Å². The Balaban J connectivity index is 1.38. The molecule has 0 spiro atoms. The summed E-state index contributed by atoms with van der Waals surface area (Å²) in [7, 11) is 0. The molecule has 0 N–H and O–H groups in total. The zero-order chi connectivity index (χ0) is 30.1. The van der Waals surface area contributed by atoms with Gasteiger partial charge in [-0.3, -0.25) is 9.59 Å². The van der Waals surface area contributed by atoms with E-state index in [0.717, 1.165) is 16.3 Å². The average Bonchev–Trinajstić information content (AvgIpc) is 3.38. The number of carbonyl (C=O) groups excluding carboxylic acids is 2. The first kappa shape index (κ1) is 28.5. The van der Waals surface area contributed by atoms with Crippen LogP contribution in [0.2, 0.25) is 10.0 Å². The van der Waals surface area contributed by atoms with Crippen molar-refractivity contribution < 1.29 is 14.3 Å². The Bertz CT molecular complexity index is 1900. The predicted octanol–water partition coefficient (Wildman–Crippen LogP) is 7.76. The number of nitriles is 1. The third kappa shape index (κ3) is 5.25. The van der Waals surface area contributed by atoms with Crippen molar-refractivity contribution >= 4 is 45.7 Å². The van der Waals surface area contributed by atoms with Crippen molar-refractivity contribution in [2.24, 2.45) is 0 Å². The Morgan fingerprint density at radius 2 is 1.60 bits per heavy atom. The van der Waals surface area contributed by atoms with E-state index >= 15 is 0 Å². The van der Waals surface area contributed by atoms with E-state index in [-0.39, 0.29) is 27.9 Å². The Morgan fingerprint density at radius 1 is 0.907 bits per heavy atom. The molecule has 0 bridgehead atoms. The zero-order valence-corrected chi connectivity index (χ0v) is 24.8. The number of fused-ring (bicyclic) bond motifs is 1. The molecule has 43 heavy (non-hydrogen) atoms. The Hall–Kier alpha value is -4.64. The zero-order valence-electron chi connectivity index (χ0n) is 23.3. The van der Waals surface area contributed by atoms with Crippen LogP contribution in [-0.4, -0.2) is 39.5 Å². The van der Waals surface area contributed by atoms with Gasteiger partial charge < -0.3 is 9.64 Å². The summed E-state index contributed by atoms with van der Waals surface area (Å²) in [5, 5.41) is 17.6. The van der Waals surface area contributed by atoms with E-state index < -0.39 is 11.3 Å². The van der Waals surface area contributed by atoms with Crippen LogP contribution >= 0.6 is 23.2 Å². The Labute approximate surface area is 258 Å². The van der Waals surface area contributed by atoms with Crippen molar-refractivity contribution in [2.75, 3.05) is 13.1 Å². The lowest BCUT2D eigenvalue weighted by atomic mass is 9.70. The maximum atomic E-state index is 14.0. The quantitative estimate of drug-likeness (QED) is 0.196. The molecule has 0 radical (unpaired) electrons. The van der Waals surface area contributed by atoms with E-state index in [0.29, 0.717) is 42.4 Å². The molecule has 2 heterocycles. The minimum absolute atomic E-state index is 0.0179. The van der Waals surface area contributed by atoms with E-state index in [1.165, 1.54) is 4.68 Å². The van der Waals surface area contributed by atoms with Gasteiger partial charge in [-0.15, -0.1) is 0 Å². The van der Waals surface area contributed by atoms with Gasteiger partial charge in [-0.05, 0) is 66.4 Å². The van der Waals surface area contributed by atoms with Gasteiger partial charge in [0, 0.05) is 18.1 Å². The summed E-state index contributed by atoms with van der Waals surface area (Å²) in [4.78, 5) is 28.5. The molecule has 1 aromatic heterocycles. The van der Waals surface area contributed by atoms with Gasteiger partial charge in [0.25, 0.3) is 5.91 Å². The van der Waals surface area contributed by atoms with Gasteiger partial charge in [0.15, 0.2) is 5.69 Å². The number of benzene rings is 4. The molecule has 4 aromatic carbocycles. The summed E-state index contributed by atoms with van der Waals surface area (Å²) in [6, 6.07) is 30.1. The molecule has 1 fully saturated rings. The first-order valence-corrected chi connectivity index (χ1v) is 14.6. The average molecular weight is 610 g/mol. The number of ketones is 1. The maximum Gasteiger partial charge on any atom is 0.275 e. The molecule has 214 valence electrons. The fourth-order valence-corrected chi connectivity index (χ4v) is 6.24. The number of halogens is 2. The summed E-state index contributed by atoms with van der Waals surface area (Å²) in [5.74, 6) is 0.169. The second-order valence-corrected chi connectivity index (χ2v) is 11.4. The van der Waals surface area contributed by atoms with E-state index in [1.54, 1.807) is 36.1 Å². The van der Waals surface area contributed by atoms with Gasteiger partial charge in [0.2, 0.25) is 5.88 Å². The molecular weight excluding hydrogens is 583 g/mol. The molecule has 0 saturated carbocycles. The van der Waals surface area contributed by atoms with Crippen LogP contribution in [0.25, 0.3) is 16.5 Å². The summed E-state index contributed by atoms with van der Waals surface area (Å²) in [5.41, 5.74) is 0.599. The molecule has 1 saturated heterocycles. The molecule has 1 amide bonds. The summed E-state index contributed by atoms with van der Waals surface area (Å²) in [6.45, 7) is 2.26. The first-order valence-electron chi connectivity index (χ1n) is 13.8. The third-order valence-electron chi connectivity index (χ3n) is 8.14. The highest BCUT2D eigenvalue weighted by Gasteiger charge is 2.42. The van der Waals surface area contributed by atoms with Gasteiger partial charge >= 0.3 is 0 Å². The molecule has 9 heteroatoms. The van der Waals surface area contributed by atoms with Crippen molar-refractivity contribution in [1.29, 1.82) is 5.26 Å². The van der Waals surface area contributed by atoms with Gasteiger partial charge in [-0.25, -0.2) is 0 Å². The van der Waals surface area contributed by atoms with Crippen LogP contribution in [-0.2, 0) is 10.2 Å². The monoisotopic (exact) mass is 608 g/mol. The number of aromatic nitrogens is 2. The first-order chi connectivity index (χ1) is 20.8. The lowest BCUT2D eigenvalue weighted by Crippen LogP contribution is -2.48. The molecule has 5 aromatic rings. The smallest absolute Gasteiger partial charge is 0.275 e. The highest BCUT2D eigenvalue weighted by Crippen LogP contribution is 2.39. The van der Waals surface area contributed by atoms with E-state index in [2.05, 4.69) is 11.2 Å². The molecule has 0 unspecified atom stereocenters. The Morgan fingerprint density at radius 3 is 2.28 bits per heavy atom. The largest absolute Gasteiger partial charge is 0.438 e. The van der Waals surface area contributed by atoms with E-state index in [9.17, 15) is 14.9 Å². The number of carbonyl (C=O) groups is 2. The highest BCUT2D eigenvalue weighted by molar-refractivity contribution is 6.35. The van der Waals surface area contributed by atoms with Crippen molar-refractivity contribution in [3.05, 3.63) is 118 Å². The number of ether oxygens (including phenoxy) is 1. The van der Waals surface area contributed by atoms with Crippen molar-refractivity contribution in [1.82, 2.24) is 14.7 Å². The fraction of sp³-hybridized carbons (Fsp3) is 0.176. The number of amides is 1. The van der Waals surface area contributed by atoms with Crippen LogP contribution in [0.4, 0.5) is 0 Å². The highest BCUT2D eigenvalue weighted by atomic mass is 35.5. The van der Waals surface area contributed by atoms with Crippen LogP contribution in [0.1, 0.15) is 41.4 Å². The number of likely N-dealkylation sites (tertiary alicyclic amines) is 1. The molecule has 0 atom stereocenters. The molecule has 1 aliphatic heterocycles. The van der Waals surface area contributed by atoms with Crippen LogP contribution in [0.3, 0.4) is 0 Å². The number of hydrogen-bond acceptors (Lipinski definition) is 5. The van der Waals surface area contributed by atoms with Crippen LogP contribution < -0.4 is 4.74 Å². The molecule has 7 nitrogen and oxygen atoms in total. The standard InChI is InChI=1S/C34H26Cl2N4O3/c1-22(41)34(25-9-3-2-4-10-25)15-17-39(18-16-34)32(42)31-28(21-37)33(40(38-31)30-14-12-26(35)20-29(30)36)43-27-13-11-23-7-5-6-8-24(23)19-27/h2-14,19-20H,15-18H2,1H3. The van der Waals surface area contributed by atoms with Crippen molar-refractivity contribution in [3.8, 4) is 23.4 Å². The van der Waals surface area contributed by atoms with Gasteiger partial charge in [-0.1, -0.05) is 83.9 Å². The molecule has 0 aliphatic carbocycles. The number of nitrogens with zero attached hydrogens (tertiary/aromatic N) is 4. The SMILES string of the molecule is CC(=O)C1(c2ccccc2)CCN(C(=O)c2nn(-c3ccc(Cl)cc3Cl)c(Oc3ccc4ccccc4c3)c2C#N)CC1. The number of Topliss-reactive ketones (excluding diaryl/α,β-unsaturated/α-hetero) is 1. The second-order valence-electron chi connectivity index (χ2n) is 10.6. The van der Waals surface area contributed by atoms with Crippen LogP contribution in [0.5, 0.6) is 11.6 Å². The number of piperidine rings is 1. The molecule has 6 rings (SSSR count). The lowest BCUT2D eigenvalue weighted by molar-refractivity contribution is -0.124. The minimum Gasteiger partial charge on any atom is -0.438 e. The van der Waals surface area contributed by atoms with Crippen molar-refractivity contribution in [3.63, 3.8) is 0 Å². The molecular formula is C34H26Cl2N4O3. The number of hydrogen-bond donors (Lipinski definition) is 0. The fourth-order valence-electron chi connectivity index (χ4n) is 5.75. The third-order valence-corrected chi connectivity index (χ3v) is 8.67. The van der Waals surface area contributed by atoms with E-state index in [4.69, 9.17) is 27.9 Å². The Kier molecular flexibility index (Phi) is 7.66. The van der Waals surface area contributed by atoms with Gasteiger partial charge in [-0.2, -0.15) is 15.0 Å². The van der Waals surface area contributed by atoms with Crippen molar-refractivity contribution in [2.45, 2.75) is 25.2 Å². The summed E-state index contributed by atoms with van der Waals surface area (Å²) < 4.78 is 7.66. The normalized spacial score (nSPS) is 14.3. The molecule has 1 aliphatic rings. The maximum absolute atomic E-state index is 14.0. The van der Waals surface area contributed by atoms with Gasteiger partial charge in [0.1, 0.15) is 23.2 Å². The topological polar surface area (TPSA) is 88.2 Å². The van der Waals surface area contributed by atoms with Crippen LogP contribution in [0, 0.1) is 11.3 Å². The summed E-state index contributed by atoms with van der Waals surface area (Å²) >= 11 is 12.7. The lowest BCUT2D eigenvalue weighted by Gasteiger charge is -2.40. The second kappa shape index (κ2) is 11.6. The number of rotatable bonds is 6. The predicted molar refractivity (Wildman–Crippen MR) is 166 cm³/mol.